The van der Waals surface area contributed by atoms with Gasteiger partial charge in [0.1, 0.15) is 0 Å². The molecule has 1 aromatic carbocycles. The first-order valence-electron chi connectivity index (χ1n) is 9.19. The zero-order valence-electron chi connectivity index (χ0n) is 16.6. The zero-order valence-corrected chi connectivity index (χ0v) is 18.2. The van der Waals surface area contributed by atoms with Gasteiger partial charge in [-0.25, -0.2) is 12.7 Å². The predicted molar refractivity (Wildman–Crippen MR) is 111 cm³/mol. The molecule has 2 fully saturated rings. The molecule has 0 spiro atoms. The van der Waals surface area contributed by atoms with Crippen LogP contribution in [0.3, 0.4) is 0 Å². The number of morpholine rings is 1. The highest BCUT2D eigenvalue weighted by Gasteiger charge is 2.29. The molecule has 2 saturated heterocycles. The number of amides is 1. The third-order valence-corrected chi connectivity index (χ3v) is 7.04. The van der Waals surface area contributed by atoms with Gasteiger partial charge in [-0.3, -0.25) is 4.79 Å². The van der Waals surface area contributed by atoms with E-state index >= 15 is 0 Å². The highest BCUT2D eigenvalue weighted by molar-refractivity contribution is 7.89. The first-order chi connectivity index (χ1) is 12.8. The Morgan fingerprint density at radius 3 is 2.46 bits per heavy atom. The molecule has 1 aromatic rings. The molecule has 28 heavy (non-hydrogen) atoms. The largest absolute Gasteiger partial charge is 0.378 e. The molecule has 0 radical (unpaired) electrons. The Bertz CT molecular complexity index is 791. The van der Waals surface area contributed by atoms with E-state index in [9.17, 15) is 13.2 Å². The highest BCUT2D eigenvalue weighted by Crippen LogP contribution is 2.28. The van der Waals surface area contributed by atoms with Gasteiger partial charge in [0.15, 0.2) is 0 Å². The van der Waals surface area contributed by atoms with Crippen molar-refractivity contribution in [2.75, 3.05) is 65.4 Å². The third kappa shape index (κ3) is 4.60. The molecule has 0 saturated carbocycles. The minimum absolute atomic E-state index is 0. The lowest BCUT2D eigenvalue weighted by Gasteiger charge is -2.32. The van der Waals surface area contributed by atoms with E-state index in [4.69, 9.17) is 4.74 Å². The number of hydrogen-bond acceptors (Lipinski definition) is 6. The van der Waals surface area contributed by atoms with Gasteiger partial charge < -0.3 is 19.9 Å². The van der Waals surface area contributed by atoms with Crippen LogP contribution in [0.15, 0.2) is 23.1 Å². The maximum Gasteiger partial charge on any atom is 0.256 e. The molecule has 8 nitrogen and oxygen atoms in total. The summed E-state index contributed by atoms with van der Waals surface area (Å²) in [6.07, 6.45) is 0.894. The number of carbonyl (C=O) groups is 1. The quantitative estimate of drug-likeness (QED) is 0.734. The Hall–Kier alpha value is -1.39. The van der Waals surface area contributed by atoms with Crippen LogP contribution < -0.4 is 10.2 Å². The van der Waals surface area contributed by atoms with Crippen LogP contribution in [-0.2, 0) is 14.8 Å². The summed E-state index contributed by atoms with van der Waals surface area (Å²) in [4.78, 5) is 17.2. The van der Waals surface area contributed by atoms with E-state index in [0.717, 1.165) is 29.5 Å². The summed E-state index contributed by atoms with van der Waals surface area (Å²) in [6, 6.07) is 4.95. The SMILES string of the molecule is CN(C(=O)c1cc(S(=O)(=O)N(C)C)ccc1N1CCOCC1)C1CCNC1.Cl. The van der Waals surface area contributed by atoms with Gasteiger partial charge in [0, 0.05) is 52.5 Å². The number of likely N-dealkylation sites (N-methyl/N-ethyl adjacent to an activating group) is 1. The van der Waals surface area contributed by atoms with Crippen molar-refractivity contribution < 1.29 is 17.9 Å². The first-order valence-corrected chi connectivity index (χ1v) is 10.6. The topological polar surface area (TPSA) is 82.2 Å². The van der Waals surface area contributed by atoms with Gasteiger partial charge in [0.25, 0.3) is 5.91 Å². The Labute approximate surface area is 173 Å². The van der Waals surface area contributed by atoms with Crippen molar-refractivity contribution in [2.24, 2.45) is 0 Å². The van der Waals surface area contributed by atoms with Crippen LogP contribution in [0.1, 0.15) is 16.8 Å². The van der Waals surface area contributed by atoms with E-state index in [0.29, 0.717) is 31.9 Å². The number of nitrogens with zero attached hydrogens (tertiary/aromatic N) is 3. The van der Waals surface area contributed by atoms with Gasteiger partial charge in [-0.2, -0.15) is 0 Å². The molecule has 2 heterocycles. The van der Waals surface area contributed by atoms with Crippen molar-refractivity contribution in [3.63, 3.8) is 0 Å². The standard InChI is InChI=1S/C18H28N4O4S.ClH/c1-20(2)27(24,25)15-4-5-17(22-8-10-26-11-9-22)16(12-15)18(23)21(3)14-6-7-19-13-14;/h4-5,12,14,19H,6-11,13H2,1-3H3;1H. The monoisotopic (exact) mass is 432 g/mol. The summed E-state index contributed by atoms with van der Waals surface area (Å²) in [5.41, 5.74) is 1.19. The number of ether oxygens (including phenoxy) is 1. The summed E-state index contributed by atoms with van der Waals surface area (Å²) in [5, 5.41) is 3.26. The van der Waals surface area contributed by atoms with E-state index in [-0.39, 0.29) is 29.3 Å². The third-order valence-electron chi connectivity index (χ3n) is 5.23. The minimum atomic E-state index is -3.62. The molecule has 0 aromatic heterocycles. The zero-order chi connectivity index (χ0) is 19.6. The normalized spacial score (nSPS) is 20.1. The maximum absolute atomic E-state index is 13.3. The molecular weight excluding hydrogens is 404 g/mol. The van der Waals surface area contributed by atoms with Gasteiger partial charge in [0.05, 0.1) is 23.7 Å². The molecule has 0 bridgehead atoms. The second-order valence-electron chi connectivity index (χ2n) is 7.13. The molecule has 2 aliphatic heterocycles. The van der Waals surface area contributed by atoms with Crippen LogP contribution in [-0.4, -0.2) is 90.1 Å². The number of halogens is 1. The fraction of sp³-hybridized carbons (Fsp3) is 0.611. The highest BCUT2D eigenvalue weighted by atomic mass is 35.5. The van der Waals surface area contributed by atoms with Crippen LogP contribution in [0.4, 0.5) is 5.69 Å². The predicted octanol–water partition coefficient (Wildman–Crippen LogP) is 0.629. The van der Waals surface area contributed by atoms with E-state index in [2.05, 4.69) is 10.2 Å². The molecule has 1 atom stereocenters. The van der Waals surface area contributed by atoms with Crippen molar-refractivity contribution in [1.82, 2.24) is 14.5 Å². The molecule has 0 aliphatic carbocycles. The van der Waals surface area contributed by atoms with Gasteiger partial charge in [-0.05, 0) is 31.2 Å². The van der Waals surface area contributed by atoms with Gasteiger partial charge >= 0.3 is 0 Å². The Morgan fingerprint density at radius 2 is 1.89 bits per heavy atom. The molecule has 1 N–H and O–H groups in total. The Balaban J connectivity index is 0.00000280. The number of anilines is 1. The average Bonchev–Trinajstić information content (AvgIpc) is 3.21. The summed E-state index contributed by atoms with van der Waals surface area (Å²) in [7, 11) is 1.15. The number of rotatable bonds is 5. The van der Waals surface area contributed by atoms with Crippen LogP contribution in [0.5, 0.6) is 0 Å². The van der Waals surface area contributed by atoms with E-state index in [1.165, 1.54) is 20.2 Å². The van der Waals surface area contributed by atoms with Crippen molar-refractivity contribution >= 4 is 34.0 Å². The van der Waals surface area contributed by atoms with Gasteiger partial charge in [0.2, 0.25) is 10.0 Å². The van der Waals surface area contributed by atoms with Crippen molar-refractivity contribution in [3.05, 3.63) is 23.8 Å². The lowest BCUT2D eigenvalue weighted by atomic mass is 10.1. The fourth-order valence-corrected chi connectivity index (χ4v) is 4.39. The number of sulfonamides is 1. The van der Waals surface area contributed by atoms with Crippen LogP contribution in [0.2, 0.25) is 0 Å². The van der Waals surface area contributed by atoms with Crippen molar-refractivity contribution in [1.29, 1.82) is 0 Å². The van der Waals surface area contributed by atoms with E-state index < -0.39 is 10.0 Å². The molecule has 1 amide bonds. The molecule has 1 unspecified atom stereocenters. The van der Waals surface area contributed by atoms with Crippen LogP contribution in [0.25, 0.3) is 0 Å². The van der Waals surface area contributed by atoms with Crippen LogP contribution in [0, 0.1) is 0 Å². The average molecular weight is 433 g/mol. The Kier molecular flexibility index (Phi) is 7.69. The summed E-state index contributed by atoms with van der Waals surface area (Å²) in [6.45, 7) is 4.17. The number of carbonyl (C=O) groups excluding carboxylic acids is 1. The molecular formula is C18H29ClN4O4S. The van der Waals surface area contributed by atoms with Crippen molar-refractivity contribution in [2.45, 2.75) is 17.4 Å². The van der Waals surface area contributed by atoms with Crippen LogP contribution >= 0.6 is 12.4 Å². The maximum atomic E-state index is 13.3. The summed E-state index contributed by atoms with van der Waals surface area (Å²) < 4.78 is 31.7. The second kappa shape index (κ2) is 9.41. The fourth-order valence-electron chi connectivity index (χ4n) is 3.46. The Morgan fingerprint density at radius 1 is 1.21 bits per heavy atom. The van der Waals surface area contributed by atoms with Gasteiger partial charge in [-0.15, -0.1) is 12.4 Å². The second-order valence-corrected chi connectivity index (χ2v) is 9.28. The molecule has 3 rings (SSSR count). The molecule has 158 valence electrons. The smallest absolute Gasteiger partial charge is 0.256 e. The minimum Gasteiger partial charge on any atom is -0.378 e. The first kappa shape index (κ1) is 22.9. The summed E-state index contributed by atoms with van der Waals surface area (Å²) in [5.74, 6) is -0.152. The molecule has 10 heteroatoms. The molecule has 2 aliphatic rings. The number of benzene rings is 1. The summed E-state index contributed by atoms with van der Waals surface area (Å²) >= 11 is 0. The van der Waals surface area contributed by atoms with E-state index in [1.807, 2.05) is 0 Å². The number of nitrogens with one attached hydrogen (secondary N) is 1. The lowest BCUT2D eigenvalue weighted by Crippen LogP contribution is -2.41. The van der Waals surface area contributed by atoms with Crippen molar-refractivity contribution in [3.8, 4) is 0 Å². The van der Waals surface area contributed by atoms with E-state index in [1.54, 1.807) is 24.1 Å². The lowest BCUT2D eigenvalue weighted by molar-refractivity contribution is 0.0743. The number of hydrogen-bond donors (Lipinski definition) is 1. The van der Waals surface area contributed by atoms with Gasteiger partial charge in [-0.1, -0.05) is 0 Å².